The molecule has 0 aromatic carbocycles. The van der Waals surface area contributed by atoms with E-state index in [1.54, 1.807) is 0 Å². The van der Waals surface area contributed by atoms with Crippen molar-refractivity contribution in [3.8, 4) is 0 Å². The summed E-state index contributed by atoms with van der Waals surface area (Å²) in [6.45, 7) is 5.78. The molecular formula is C10H18N2OS. The summed E-state index contributed by atoms with van der Waals surface area (Å²) in [4.78, 5) is 14.2. The second-order valence-electron chi connectivity index (χ2n) is 4.23. The van der Waals surface area contributed by atoms with Crippen LogP contribution in [-0.2, 0) is 4.79 Å². The normalized spacial score (nSPS) is 33.4. The number of thioether (sulfide) groups is 1. The molecule has 2 saturated heterocycles. The predicted octanol–water partition coefficient (Wildman–Crippen LogP) is 0.704. The summed E-state index contributed by atoms with van der Waals surface area (Å²) in [5.74, 6) is 1.51. The zero-order chi connectivity index (χ0) is 10.0. The molecule has 0 radical (unpaired) electrons. The van der Waals surface area contributed by atoms with Crippen molar-refractivity contribution in [2.45, 2.75) is 24.5 Å². The Balaban J connectivity index is 1.98. The van der Waals surface area contributed by atoms with Crippen LogP contribution >= 0.6 is 11.8 Å². The first kappa shape index (κ1) is 10.3. The summed E-state index contributed by atoms with van der Waals surface area (Å²) in [7, 11) is 0. The molecule has 1 unspecified atom stereocenters. The van der Waals surface area contributed by atoms with E-state index in [0.29, 0.717) is 5.91 Å². The average Bonchev–Trinajstić information content (AvgIpc) is 2.67. The van der Waals surface area contributed by atoms with Crippen LogP contribution in [0.5, 0.6) is 0 Å². The lowest BCUT2D eigenvalue weighted by Gasteiger charge is -2.33. The lowest BCUT2D eigenvalue weighted by molar-refractivity contribution is -0.134. The third-order valence-corrected chi connectivity index (χ3v) is 4.58. The zero-order valence-corrected chi connectivity index (χ0v) is 9.53. The summed E-state index contributed by atoms with van der Waals surface area (Å²) < 4.78 is -0.114. The van der Waals surface area contributed by atoms with Gasteiger partial charge in [0.1, 0.15) is 0 Å². The maximum Gasteiger partial charge on any atom is 0.238 e. The van der Waals surface area contributed by atoms with Crippen molar-refractivity contribution in [1.82, 2.24) is 10.2 Å². The van der Waals surface area contributed by atoms with Crippen LogP contribution in [0.4, 0.5) is 0 Å². The van der Waals surface area contributed by atoms with Crippen molar-refractivity contribution in [2.24, 2.45) is 0 Å². The maximum absolute atomic E-state index is 12.2. The Morgan fingerprint density at radius 1 is 1.43 bits per heavy atom. The minimum atomic E-state index is -0.114. The van der Waals surface area contributed by atoms with E-state index in [9.17, 15) is 4.79 Å². The Kier molecular flexibility index (Phi) is 3.02. The van der Waals surface area contributed by atoms with Crippen molar-refractivity contribution in [3.05, 3.63) is 0 Å². The molecule has 3 nitrogen and oxygen atoms in total. The molecule has 2 rings (SSSR count). The maximum atomic E-state index is 12.2. The van der Waals surface area contributed by atoms with Crippen LogP contribution < -0.4 is 5.32 Å². The van der Waals surface area contributed by atoms with Crippen LogP contribution in [0.3, 0.4) is 0 Å². The number of carbonyl (C=O) groups excluding carboxylic acids is 1. The molecule has 0 saturated carbocycles. The monoisotopic (exact) mass is 214 g/mol. The van der Waals surface area contributed by atoms with E-state index in [-0.39, 0.29) is 4.75 Å². The van der Waals surface area contributed by atoms with E-state index >= 15 is 0 Å². The largest absolute Gasteiger partial charge is 0.339 e. The second kappa shape index (κ2) is 4.11. The molecule has 0 bridgehead atoms. The zero-order valence-electron chi connectivity index (χ0n) is 8.71. The number of rotatable bonds is 1. The van der Waals surface area contributed by atoms with E-state index in [2.05, 4.69) is 12.2 Å². The molecule has 0 aromatic rings. The van der Waals surface area contributed by atoms with E-state index in [1.807, 2.05) is 16.7 Å². The van der Waals surface area contributed by atoms with Gasteiger partial charge in [0.15, 0.2) is 0 Å². The fraction of sp³-hybridized carbons (Fsp3) is 0.900. The minimum absolute atomic E-state index is 0.114. The number of nitrogens with zero attached hydrogens (tertiary/aromatic N) is 1. The molecule has 4 heteroatoms. The van der Waals surface area contributed by atoms with Gasteiger partial charge in [0.25, 0.3) is 0 Å². The van der Waals surface area contributed by atoms with Crippen LogP contribution in [0.2, 0.25) is 0 Å². The molecule has 1 amide bonds. The van der Waals surface area contributed by atoms with Gasteiger partial charge in [-0.15, -0.1) is 11.8 Å². The first-order valence-corrected chi connectivity index (χ1v) is 6.35. The fourth-order valence-corrected chi connectivity index (χ4v) is 3.43. The molecule has 1 atom stereocenters. The average molecular weight is 214 g/mol. The summed E-state index contributed by atoms with van der Waals surface area (Å²) in [6.07, 6.45) is 2.25. The van der Waals surface area contributed by atoms with Crippen LogP contribution in [0, 0.1) is 0 Å². The predicted molar refractivity (Wildman–Crippen MR) is 59.5 cm³/mol. The molecule has 2 aliphatic heterocycles. The van der Waals surface area contributed by atoms with Gasteiger partial charge < -0.3 is 10.2 Å². The van der Waals surface area contributed by atoms with Gasteiger partial charge in [-0.2, -0.15) is 0 Å². The van der Waals surface area contributed by atoms with Crippen molar-refractivity contribution >= 4 is 17.7 Å². The molecule has 1 N–H and O–H groups in total. The molecule has 14 heavy (non-hydrogen) atoms. The topological polar surface area (TPSA) is 32.3 Å². The van der Waals surface area contributed by atoms with E-state index in [1.165, 1.54) is 6.42 Å². The number of hydrogen-bond donors (Lipinski definition) is 1. The number of nitrogens with one attached hydrogen (secondary N) is 1. The SMILES string of the molecule is CC1(C(=O)N2CCNCC2)CCCS1. The number of carbonyl (C=O) groups is 1. The molecule has 80 valence electrons. The van der Waals surface area contributed by atoms with Gasteiger partial charge in [-0.25, -0.2) is 0 Å². The van der Waals surface area contributed by atoms with Gasteiger partial charge in [-0.1, -0.05) is 0 Å². The van der Waals surface area contributed by atoms with Crippen molar-refractivity contribution in [2.75, 3.05) is 31.9 Å². The van der Waals surface area contributed by atoms with Crippen LogP contribution in [0.25, 0.3) is 0 Å². The third kappa shape index (κ3) is 1.91. The molecule has 2 aliphatic rings. The number of hydrogen-bond acceptors (Lipinski definition) is 3. The van der Waals surface area contributed by atoms with Crippen molar-refractivity contribution < 1.29 is 4.79 Å². The second-order valence-corrected chi connectivity index (χ2v) is 5.82. The lowest BCUT2D eigenvalue weighted by Crippen LogP contribution is -2.52. The number of piperazine rings is 1. The highest BCUT2D eigenvalue weighted by atomic mass is 32.2. The van der Waals surface area contributed by atoms with E-state index in [4.69, 9.17) is 0 Å². The highest BCUT2D eigenvalue weighted by molar-refractivity contribution is 8.01. The summed E-state index contributed by atoms with van der Waals surface area (Å²) >= 11 is 1.83. The Labute approximate surface area is 89.6 Å². The quantitative estimate of drug-likeness (QED) is 0.697. The first-order chi connectivity index (χ1) is 6.72. The number of amides is 1. The lowest BCUT2D eigenvalue weighted by atomic mass is 10.0. The van der Waals surface area contributed by atoms with Gasteiger partial charge in [0.05, 0.1) is 4.75 Å². The van der Waals surface area contributed by atoms with Crippen LogP contribution in [0.15, 0.2) is 0 Å². The van der Waals surface area contributed by atoms with Crippen LogP contribution in [0.1, 0.15) is 19.8 Å². The highest BCUT2D eigenvalue weighted by Crippen LogP contribution is 2.39. The van der Waals surface area contributed by atoms with Crippen LogP contribution in [-0.4, -0.2) is 47.5 Å². The summed E-state index contributed by atoms with van der Waals surface area (Å²) in [5, 5.41) is 3.27. The first-order valence-electron chi connectivity index (χ1n) is 5.36. The van der Waals surface area contributed by atoms with E-state index in [0.717, 1.165) is 38.4 Å². The molecule has 0 aromatic heterocycles. The third-order valence-electron chi connectivity index (χ3n) is 3.08. The Morgan fingerprint density at radius 3 is 2.71 bits per heavy atom. The van der Waals surface area contributed by atoms with Gasteiger partial charge >= 0.3 is 0 Å². The Morgan fingerprint density at radius 2 is 2.14 bits per heavy atom. The van der Waals surface area contributed by atoms with Crippen molar-refractivity contribution in [3.63, 3.8) is 0 Å². The highest BCUT2D eigenvalue weighted by Gasteiger charge is 2.40. The molecule has 2 heterocycles. The molecule has 0 spiro atoms. The smallest absolute Gasteiger partial charge is 0.238 e. The molecule has 2 fully saturated rings. The Hall–Kier alpha value is -0.220. The van der Waals surface area contributed by atoms with Gasteiger partial charge in [-0.3, -0.25) is 4.79 Å². The van der Waals surface area contributed by atoms with E-state index < -0.39 is 0 Å². The van der Waals surface area contributed by atoms with Gasteiger partial charge in [0, 0.05) is 26.2 Å². The van der Waals surface area contributed by atoms with Gasteiger partial charge in [-0.05, 0) is 25.5 Å². The summed E-state index contributed by atoms with van der Waals surface area (Å²) in [6, 6.07) is 0. The molecular weight excluding hydrogens is 196 g/mol. The standard InChI is InChI=1S/C10H18N2OS/c1-10(3-2-8-14-10)9(13)12-6-4-11-5-7-12/h11H,2-8H2,1H3. The fourth-order valence-electron chi connectivity index (χ4n) is 2.15. The van der Waals surface area contributed by atoms with Crippen molar-refractivity contribution in [1.29, 1.82) is 0 Å². The molecule has 0 aliphatic carbocycles. The Bertz CT molecular complexity index is 220. The minimum Gasteiger partial charge on any atom is -0.339 e. The summed E-state index contributed by atoms with van der Waals surface area (Å²) in [5.41, 5.74) is 0. The van der Waals surface area contributed by atoms with Gasteiger partial charge in [0.2, 0.25) is 5.91 Å².